The Morgan fingerprint density at radius 2 is 2.10 bits per heavy atom. The van der Waals surface area contributed by atoms with Crippen LogP contribution >= 0.6 is 0 Å². The Kier molecular flexibility index (Phi) is 5.04. The molecule has 1 aromatic carbocycles. The molecule has 1 aromatic heterocycles. The number of benzene rings is 1. The van der Waals surface area contributed by atoms with E-state index in [0.717, 1.165) is 5.56 Å². The molecule has 2 N–H and O–H groups in total. The molecule has 5 heteroatoms. The molecule has 0 saturated carbocycles. The summed E-state index contributed by atoms with van der Waals surface area (Å²) in [5.41, 5.74) is 2.67. The van der Waals surface area contributed by atoms with E-state index in [-0.39, 0.29) is 5.91 Å². The van der Waals surface area contributed by atoms with E-state index >= 15 is 0 Å². The summed E-state index contributed by atoms with van der Waals surface area (Å²) >= 11 is 0. The van der Waals surface area contributed by atoms with Crippen molar-refractivity contribution in [2.24, 2.45) is 0 Å². The molecule has 0 fully saturated rings. The molecule has 21 heavy (non-hydrogen) atoms. The third kappa shape index (κ3) is 4.42. The molecule has 0 atom stereocenters. The molecular formula is C16H18N4O. The summed E-state index contributed by atoms with van der Waals surface area (Å²) in [5.74, 6) is 0.289. The Balaban J connectivity index is 1.92. The van der Waals surface area contributed by atoms with Gasteiger partial charge in [-0.2, -0.15) is 0 Å². The van der Waals surface area contributed by atoms with Gasteiger partial charge in [-0.05, 0) is 12.5 Å². The van der Waals surface area contributed by atoms with Crippen LogP contribution in [0.25, 0.3) is 0 Å². The van der Waals surface area contributed by atoms with E-state index in [0.29, 0.717) is 24.6 Å². The number of nitrogens with one attached hydrogen (secondary N) is 2. The molecule has 2 rings (SSSR count). The van der Waals surface area contributed by atoms with E-state index in [9.17, 15) is 4.79 Å². The molecule has 0 unspecified atom stereocenters. The molecule has 0 saturated heterocycles. The number of carbonyl (C=O) groups is 1. The highest BCUT2D eigenvalue weighted by Crippen LogP contribution is 2.05. The quantitative estimate of drug-likeness (QED) is 0.798. The first-order valence-corrected chi connectivity index (χ1v) is 6.69. The molecule has 108 valence electrons. The number of rotatable bonds is 6. The van der Waals surface area contributed by atoms with Gasteiger partial charge in [0.2, 0.25) is 5.95 Å². The monoisotopic (exact) mass is 282 g/mol. The van der Waals surface area contributed by atoms with Gasteiger partial charge in [0.15, 0.2) is 0 Å². The van der Waals surface area contributed by atoms with Crippen LogP contribution < -0.4 is 10.6 Å². The van der Waals surface area contributed by atoms with Crippen molar-refractivity contribution in [1.82, 2.24) is 15.3 Å². The van der Waals surface area contributed by atoms with Crippen molar-refractivity contribution >= 4 is 11.9 Å². The fraction of sp³-hybridized carbons (Fsp3) is 0.188. The number of anilines is 1. The molecule has 1 amide bonds. The van der Waals surface area contributed by atoms with Crippen LogP contribution in [0.15, 0.2) is 49.3 Å². The maximum atomic E-state index is 12.0. The van der Waals surface area contributed by atoms with E-state index in [1.54, 1.807) is 6.08 Å². The van der Waals surface area contributed by atoms with Crippen molar-refractivity contribution in [3.05, 3.63) is 66.0 Å². The van der Waals surface area contributed by atoms with Crippen molar-refractivity contribution < 1.29 is 4.79 Å². The second-order valence-corrected chi connectivity index (χ2v) is 4.64. The Labute approximate surface area is 124 Å². The van der Waals surface area contributed by atoms with E-state index in [1.807, 2.05) is 31.2 Å². The van der Waals surface area contributed by atoms with Crippen LogP contribution in [0.5, 0.6) is 0 Å². The van der Waals surface area contributed by atoms with Gasteiger partial charge in [0, 0.05) is 25.5 Å². The number of hydrogen-bond donors (Lipinski definition) is 2. The van der Waals surface area contributed by atoms with Gasteiger partial charge in [-0.15, -0.1) is 6.58 Å². The van der Waals surface area contributed by atoms with Gasteiger partial charge < -0.3 is 10.6 Å². The molecular weight excluding hydrogens is 264 g/mol. The fourth-order valence-corrected chi connectivity index (χ4v) is 1.81. The molecule has 0 aliphatic carbocycles. The minimum absolute atomic E-state index is 0.188. The lowest BCUT2D eigenvalue weighted by Gasteiger charge is -2.06. The average Bonchev–Trinajstić information content (AvgIpc) is 2.51. The van der Waals surface area contributed by atoms with Crippen LogP contribution in [0.1, 0.15) is 21.5 Å². The lowest BCUT2D eigenvalue weighted by Crippen LogP contribution is -2.23. The second kappa shape index (κ2) is 7.19. The topological polar surface area (TPSA) is 66.9 Å². The zero-order valence-corrected chi connectivity index (χ0v) is 12.0. The van der Waals surface area contributed by atoms with E-state index in [4.69, 9.17) is 0 Å². The third-order valence-electron chi connectivity index (χ3n) is 2.85. The maximum absolute atomic E-state index is 12.0. The average molecular weight is 282 g/mol. The number of nitrogens with zero attached hydrogens (tertiary/aromatic N) is 2. The van der Waals surface area contributed by atoms with Gasteiger partial charge in [-0.25, -0.2) is 9.97 Å². The first-order valence-electron chi connectivity index (χ1n) is 6.69. The summed E-state index contributed by atoms with van der Waals surface area (Å²) in [4.78, 5) is 20.2. The Bertz CT molecular complexity index is 622. The Morgan fingerprint density at radius 1 is 1.33 bits per heavy atom. The normalized spacial score (nSPS) is 9.95. The van der Waals surface area contributed by atoms with Gasteiger partial charge in [0.05, 0.1) is 5.56 Å². The predicted molar refractivity (Wildman–Crippen MR) is 83.1 cm³/mol. The van der Waals surface area contributed by atoms with Gasteiger partial charge in [0.25, 0.3) is 5.91 Å². The van der Waals surface area contributed by atoms with Gasteiger partial charge in [-0.3, -0.25) is 4.79 Å². The molecule has 0 aliphatic heterocycles. The van der Waals surface area contributed by atoms with Crippen LogP contribution in [0.4, 0.5) is 5.95 Å². The summed E-state index contributed by atoms with van der Waals surface area (Å²) < 4.78 is 0. The van der Waals surface area contributed by atoms with E-state index in [2.05, 4.69) is 27.2 Å². The maximum Gasteiger partial charge on any atom is 0.254 e. The minimum atomic E-state index is -0.188. The molecule has 0 aliphatic rings. The lowest BCUT2D eigenvalue weighted by molar-refractivity contribution is 0.0950. The predicted octanol–water partition coefficient (Wildman–Crippen LogP) is 2.31. The van der Waals surface area contributed by atoms with Gasteiger partial charge >= 0.3 is 0 Å². The molecule has 0 radical (unpaired) electrons. The van der Waals surface area contributed by atoms with Crippen molar-refractivity contribution in [3.8, 4) is 0 Å². The zero-order chi connectivity index (χ0) is 15.1. The number of aromatic nitrogens is 2. The highest BCUT2D eigenvalue weighted by Gasteiger charge is 2.06. The van der Waals surface area contributed by atoms with Crippen LogP contribution in [0.2, 0.25) is 0 Å². The molecule has 2 aromatic rings. The van der Waals surface area contributed by atoms with Crippen molar-refractivity contribution in [2.75, 3.05) is 11.9 Å². The number of amides is 1. The first kappa shape index (κ1) is 14.7. The van der Waals surface area contributed by atoms with E-state index < -0.39 is 0 Å². The van der Waals surface area contributed by atoms with Crippen LogP contribution in [0.3, 0.4) is 0 Å². The standard InChI is InChI=1S/C16H18N4O/c1-3-7-17-16-19-10-14(11-20-16)15(21)18-9-13-6-4-5-12(2)8-13/h3-6,8,10-11H,1,7,9H2,2H3,(H,18,21)(H,17,19,20). The number of aryl methyl sites for hydroxylation is 1. The summed E-state index contributed by atoms with van der Waals surface area (Å²) in [6.45, 7) is 6.69. The van der Waals surface area contributed by atoms with Crippen LogP contribution in [-0.2, 0) is 6.54 Å². The summed E-state index contributed by atoms with van der Waals surface area (Å²) in [7, 11) is 0. The van der Waals surface area contributed by atoms with Gasteiger partial charge in [-0.1, -0.05) is 35.9 Å². The molecule has 1 heterocycles. The van der Waals surface area contributed by atoms with Gasteiger partial charge in [0.1, 0.15) is 0 Å². The number of hydrogen-bond acceptors (Lipinski definition) is 4. The van der Waals surface area contributed by atoms with Crippen molar-refractivity contribution in [1.29, 1.82) is 0 Å². The smallest absolute Gasteiger partial charge is 0.254 e. The summed E-state index contributed by atoms with van der Waals surface area (Å²) in [6.07, 6.45) is 4.72. The third-order valence-corrected chi connectivity index (χ3v) is 2.85. The molecule has 0 bridgehead atoms. The lowest BCUT2D eigenvalue weighted by atomic mass is 10.1. The largest absolute Gasteiger partial charge is 0.351 e. The molecule has 5 nitrogen and oxygen atoms in total. The summed E-state index contributed by atoms with van der Waals surface area (Å²) in [6, 6.07) is 8.01. The van der Waals surface area contributed by atoms with Crippen LogP contribution in [-0.4, -0.2) is 22.4 Å². The first-order chi connectivity index (χ1) is 10.2. The van der Waals surface area contributed by atoms with Crippen molar-refractivity contribution in [3.63, 3.8) is 0 Å². The highest BCUT2D eigenvalue weighted by molar-refractivity contribution is 5.93. The number of carbonyl (C=O) groups excluding carboxylic acids is 1. The minimum Gasteiger partial charge on any atom is -0.351 e. The highest BCUT2D eigenvalue weighted by atomic mass is 16.1. The zero-order valence-electron chi connectivity index (χ0n) is 12.0. The van der Waals surface area contributed by atoms with Crippen molar-refractivity contribution in [2.45, 2.75) is 13.5 Å². The Hall–Kier alpha value is -2.69. The second-order valence-electron chi connectivity index (χ2n) is 4.64. The Morgan fingerprint density at radius 3 is 2.76 bits per heavy atom. The van der Waals surface area contributed by atoms with E-state index in [1.165, 1.54) is 18.0 Å². The SMILES string of the molecule is C=CCNc1ncc(C(=O)NCc2cccc(C)c2)cn1. The molecule has 0 spiro atoms. The van der Waals surface area contributed by atoms with Crippen LogP contribution in [0, 0.1) is 6.92 Å². The fourth-order valence-electron chi connectivity index (χ4n) is 1.81. The summed E-state index contributed by atoms with van der Waals surface area (Å²) in [5, 5.41) is 5.80.